The fraction of sp³-hybridized carbons (Fsp3) is 0.417. The Morgan fingerprint density at radius 3 is 2.89 bits per heavy atom. The zero-order valence-corrected chi connectivity index (χ0v) is 10.8. The first-order chi connectivity index (χ1) is 9.09. The van der Waals surface area contributed by atoms with E-state index in [2.05, 4.69) is 5.32 Å². The van der Waals surface area contributed by atoms with Gasteiger partial charge in [-0.05, 0) is 24.3 Å². The van der Waals surface area contributed by atoms with Crippen LogP contribution in [0.4, 0.5) is 0 Å². The summed E-state index contributed by atoms with van der Waals surface area (Å²) in [6, 6.07) is 0.899. The summed E-state index contributed by atoms with van der Waals surface area (Å²) < 4.78 is 0. The SMILES string of the molecule is O=C1CCC[C@H](N2C(=O)c3sccc3C2O)C(=O)N1. The third-order valence-electron chi connectivity index (χ3n) is 3.45. The summed E-state index contributed by atoms with van der Waals surface area (Å²) in [6.45, 7) is 0. The number of aliphatic hydroxyl groups is 1. The summed E-state index contributed by atoms with van der Waals surface area (Å²) >= 11 is 1.25. The number of hydrogen-bond donors (Lipinski definition) is 2. The van der Waals surface area contributed by atoms with E-state index in [0.717, 1.165) is 0 Å². The number of rotatable bonds is 1. The highest BCUT2D eigenvalue weighted by molar-refractivity contribution is 7.12. The lowest BCUT2D eigenvalue weighted by Gasteiger charge is -2.28. The fourth-order valence-electron chi connectivity index (χ4n) is 2.52. The number of imide groups is 1. The number of amides is 3. The Bertz CT molecular complexity index is 568. The zero-order valence-electron chi connectivity index (χ0n) is 9.96. The van der Waals surface area contributed by atoms with Crippen molar-refractivity contribution in [3.05, 3.63) is 21.9 Å². The molecule has 7 heteroatoms. The van der Waals surface area contributed by atoms with Gasteiger partial charge in [0.2, 0.25) is 11.8 Å². The molecule has 0 radical (unpaired) electrons. The molecule has 19 heavy (non-hydrogen) atoms. The fourth-order valence-corrected chi connectivity index (χ4v) is 3.39. The summed E-state index contributed by atoms with van der Waals surface area (Å²) in [5, 5.41) is 14.2. The average Bonchev–Trinajstić information content (AvgIpc) is 2.87. The van der Waals surface area contributed by atoms with Gasteiger partial charge in [-0.25, -0.2) is 0 Å². The molecule has 0 aromatic carbocycles. The van der Waals surface area contributed by atoms with E-state index in [-0.39, 0.29) is 18.2 Å². The van der Waals surface area contributed by atoms with Crippen molar-refractivity contribution in [2.24, 2.45) is 0 Å². The second kappa shape index (κ2) is 4.43. The van der Waals surface area contributed by atoms with Gasteiger partial charge in [0, 0.05) is 12.0 Å². The molecule has 6 nitrogen and oxygen atoms in total. The lowest BCUT2D eigenvalue weighted by Crippen LogP contribution is -2.48. The van der Waals surface area contributed by atoms with Crippen LogP contribution in [0.5, 0.6) is 0 Å². The molecule has 1 saturated heterocycles. The van der Waals surface area contributed by atoms with E-state index in [1.54, 1.807) is 11.4 Å². The Kier molecular flexibility index (Phi) is 2.87. The molecule has 0 bridgehead atoms. The minimum Gasteiger partial charge on any atom is -0.369 e. The first kappa shape index (κ1) is 12.3. The Labute approximate surface area is 113 Å². The number of hydrogen-bond acceptors (Lipinski definition) is 5. The molecule has 2 atom stereocenters. The van der Waals surface area contributed by atoms with Gasteiger partial charge in [-0.15, -0.1) is 11.3 Å². The second-order valence-corrected chi connectivity index (χ2v) is 5.53. The number of nitrogens with one attached hydrogen (secondary N) is 1. The molecule has 0 saturated carbocycles. The Morgan fingerprint density at radius 2 is 2.16 bits per heavy atom. The van der Waals surface area contributed by atoms with Crippen LogP contribution in [-0.2, 0) is 9.59 Å². The van der Waals surface area contributed by atoms with Crippen molar-refractivity contribution in [3.8, 4) is 0 Å². The molecule has 2 aliphatic rings. The van der Waals surface area contributed by atoms with Crippen LogP contribution in [-0.4, -0.2) is 33.8 Å². The highest BCUT2D eigenvalue weighted by atomic mass is 32.1. The number of carbonyl (C=O) groups is 3. The van der Waals surface area contributed by atoms with E-state index in [1.807, 2.05) is 0 Å². The van der Waals surface area contributed by atoms with Crippen LogP contribution in [0.1, 0.15) is 40.7 Å². The van der Waals surface area contributed by atoms with Crippen LogP contribution >= 0.6 is 11.3 Å². The highest BCUT2D eigenvalue weighted by Crippen LogP contribution is 2.37. The minimum absolute atomic E-state index is 0.266. The lowest BCUT2D eigenvalue weighted by atomic mass is 10.1. The molecule has 3 amide bonds. The molecule has 3 heterocycles. The van der Waals surface area contributed by atoms with Crippen molar-refractivity contribution >= 4 is 29.1 Å². The molecule has 1 aromatic heterocycles. The molecule has 1 unspecified atom stereocenters. The number of aliphatic hydroxyl groups excluding tert-OH is 1. The lowest BCUT2D eigenvalue weighted by molar-refractivity contribution is -0.134. The van der Waals surface area contributed by atoms with Crippen molar-refractivity contribution in [3.63, 3.8) is 0 Å². The van der Waals surface area contributed by atoms with Crippen LogP contribution in [0.25, 0.3) is 0 Å². The standard InChI is InChI=1S/C12H12N2O4S/c15-8-3-1-2-7(10(16)13-8)14-11(17)6-4-5-19-9(6)12(14)18/h4-5,7,11,17H,1-3H2,(H,13,15,16)/t7-,11?/m0/s1. The second-order valence-electron chi connectivity index (χ2n) is 4.61. The number of carbonyl (C=O) groups excluding carboxylic acids is 3. The van der Waals surface area contributed by atoms with Crippen LogP contribution in [0, 0.1) is 0 Å². The van der Waals surface area contributed by atoms with E-state index >= 15 is 0 Å². The molecule has 100 valence electrons. The van der Waals surface area contributed by atoms with Crippen molar-refractivity contribution < 1.29 is 19.5 Å². The topological polar surface area (TPSA) is 86.7 Å². The first-order valence-corrected chi connectivity index (χ1v) is 6.89. The largest absolute Gasteiger partial charge is 0.369 e. The summed E-state index contributed by atoms with van der Waals surface area (Å²) in [5.41, 5.74) is 0.540. The quantitative estimate of drug-likeness (QED) is 0.729. The van der Waals surface area contributed by atoms with Gasteiger partial charge >= 0.3 is 0 Å². The van der Waals surface area contributed by atoms with Gasteiger partial charge in [-0.1, -0.05) is 0 Å². The zero-order chi connectivity index (χ0) is 13.6. The van der Waals surface area contributed by atoms with Gasteiger partial charge in [-0.3, -0.25) is 24.6 Å². The van der Waals surface area contributed by atoms with E-state index in [9.17, 15) is 19.5 Å². The minimum atomic E-state index is -1.10. The van der Waals surface area contributed by atoms with Crippen LogP contribution < -0.4 is 5.32 Å². The van der Waals surface area contributed by atoms with Gasteiger partial charge in [-0.2, -0.15) is 0 Å². The predicted molar refractivity (Wildman–Crippen MR) is 66.2 cm³/mol. The van der Waals surface area contributed by atoms with Gasteiger partial charge in [0.05, 0.1) is 4.88 Å². The Morgan fingerprint density at radius 1 is 1.37 bits per heavy atom. The molecule has 2 aliphatic heterocycles. The average molecular weight is 280 g/mol. The van der Waals surface area contributed by atoms with Gasteiger partial charge in [0.25, 0.3) is 5.91 Å². The Balaban J connectivity index is 1.91. The molecule has 1 fully saturated rings. The number of fused-ring (bicyclic) bond motifs is 1. The number of thiophene rings is 1. The predicted octanol–water partition coefficient (Wildman–Crippen LogP) is 0.390. The summed E-state index contributed by atoms with van der Waals surface area (Å²) in [4.78, 5) is 37.1. The highest BCUT2D eigenvalue weighted by Gasteiger charge is 2.44. The summed E-state index contributed by atoms with van der Waals surface area (Å²) in [6.07, 6.45) is 0.0712. The van der Waals surface area contributed by atoms with Crippen molar-refractivity contribution in [1.29, 1.82) is 0 Å². The summed E-state index contributed by atoms with van der Waals surface area (Å²) in [7, 11) is 0. The summed E-state index contributed by atoms with van der Waals surface area (Å²) in [5.74, 6) is -1.18. The molecular formula is C12H12N2O4S. The van der Waals surface area contributed by atoms with Crippen molar-refractivity contribution in [1.82, 2.24) is 10.2 Å². The third-order valence-corrected chi connectivity index (χ3v) is 4.37. The molecule has 1 aromatic rings. The first-order valence-electron chi connectivity index (χ1n) is 6.01. The molecule has 0 spiro atoms. The third kappa shape index (κ3) is 1.85. The van der Waals surface area contributed by atoms with E-state index in [0.29, 0.717) is 23.3 Å². The van der Waals surface area contributed by atoms with Gasteiger partial charge in [0.1, 0.15) is 6.04 Å². The molecule has 2 N–H and O–H groups in total. The van der Waals surface area contributed by atoms with Crippen molar-refractivity contribution in [2.45, 2.75) is 31.5 Å². The molecule has 0 aliphatic carbocycles. The van der Waals surface area contributed by atoms with Crippen molar-refractivity contribution in [2.75, 3.05) is 0 Å². The maximum absolute atomic E-state index is 12.2. The van der Waals surface area contributed by atoms with Crippen LogP contribution in [0.3, 0.4) is 0 Å². The van der Waals surface area contributed by atoms with Crippen LogP contribution in [0.15, 0.2) is 11.4 Å². The molecular weight excluding hydrogens is 268 g/mol. The Hall–Kier alpha value is -1.73. The number of nitrogens with zero attached hydrogens (tertiary/aromatic N) is 1. The van der Waals surface area contributed by atoms with E-state index in [4.69, 9.17) is 0 Å². The maximum atomic E-state index is 12.2. The smallest absolute Gasteiger partial charge is 0.267 e. The normalized spacial score (nSPS) is 27.2. The van der Waals surface area contributed by atoms with E-state index in [1.165, 1.54) is 16.2 Å². The van der Waals surface area contributed by atoms with Gasteiger partial charge in [0.15, 0.2) is 6.23 Å². The van der Waals surface area contributed by atoms with E-state index < -0.39 is 18.2 Å². The van der Waals surface area contributed by atoms with Gasteiger partial charge < -0.3 is 5.11 Å². The molecule has 3 rings (SSSR count). The maximum Gasteiger partial charge on any atom is 0.267 e. The van der Waals surface area contributed by atoms with Crippen LogP contribution in [0.2, 0.25) is 0 Å². The monoisotopic (exact) mass is 280 g/mol.